The largest absolute Gasteiger partial charge is 0.493 e. The number of carbonyl (C=O) groups excluding carboxylic acids is 2. The summed E-state index contributed by atoms with van der Waals surface area (Å²) >= 11 is 0. The predicted molar refractivity (Wildman–Crippen MR) is 92.6 cm³/mol. The maximum Gasteiger partial charge on any atom is 0.337 e. The number of hydrogen-bond acceptors (Lipinski definition) is 5. The van der Waals surface area contributed by atoms with Crippen molar-refractivity contribution in [3.05, 3.63) is 47.1 Å². The van der Waals surface area contributed by atoms with Crippen LogP contribution in [-0.4, -0.2) is 32.6 Å². The molecule has 130 valence electrons. The molecule has 0 spiro atoms. The Labute approximate surface area is 142 Å². The van der Waals surface area contributed by atoms with Gasteiger partial charge in [-0.2, -0.15) is 0 Å². The molecule has 0 fully saturated rings. The number of benzene rings is 1. The van der Waals surface area contributed by atoms with Crippen molar-refractivity contribution >= 4 is 11.8 Å². The highest BCUT2D eigenvalue weighted by molar-refractivity contribution is 6.00. The van der Waals surface area contributed by atoms with Gasteiger partial charge < -0.3 is 14.2 Å². The molecule has 0 N–H and O–H groups in total. The summed E-state index contributed by atoms with van der Waals surface area (Å²) in [6.07, 6.45) is 3.82. The minimum absolute atomic E-state index is 0.0208. The average Bonchev–Trinajstić information content (AvgIpc) is 2.53. The lowest BCUT2D eigenvalue weighted by molar-refractivity contribution is -0.110. The molecule has 0 bridgehead atoms. The summed E-state index contributed by atoms with van der Waals surface area (Å²) in [5.74, 6) is 0.539. The van der Waals surface area contributed by atoms with E-state index >= 15 is 0 Å². The predicted octanol–water partition coefficient (Wildman–Crippen LogP) is 3.73. The number of hydrogen-bond donors (Lipinski definition) is 0. The molecule has 0 unspecified atom stereocenters. The molecule has 5 heteroatoms. The molecule has 0 aliphatic rings. The first kappa shape index (κ1) is 19.5. The van der Waals surface area contributed by atoms with E-state index < -0.39 is 5.97 Å². The van der Waals surface area contributed by atoms with E-state index in [0.717, 1.165) is 11.1 Å². The van der Waals surface area contributed by atoms with Gasteiger partial charge in [0, 0.05) is 6.42 Å². The molecule has 0 saturated heterocycles. The van der Waals surface area contributed by atoms with Crippen molar-refractivity contribution in [3.63, 3.8) is 0 Å². The fourth-order valence-electron chi connectivity index (χ4n) is 1.99. The highest BCUT2D eigenvalue weighted by Gasteiger charge is 2.11. The van der Waals surface area contributed by atoms with Gasteiger partial charge in [-0.15, -0.1) is 0 Å². The molecule has 0 radical (unpaired) electrons. The summed E-state index contributed by atoms with van der Waals surface area (Å²) in [7, 11) is 2.83. The van der Waals surface area contributed by atoms with E-state index in [4.69, 9.17) is 9.47 Å². The van der Waals surface area contributed by atoms with Crippen LogP contribution in [0.4, 0.5) is 0 Å². The molecule has 5 nitrogen and oxygen atoms in total. The maximum absolute atomic E-state index is 11.7. The number of methoxy groups -OCH3 is 2. The Hall–Kier alpha value is -2.56. The van der Waals surface area contributed by atoms with Gasteiger partial charge in [0.25, 0.3) is 0 Å². The molecule has 0 heterocycles. The van der Waals surface area contributed by atoms with Gasteiger partial charge in [0.1, 0.15) is 0 Å². The van der Waals surface area contributed by atoms with Crippen LogP contribution in [0.25, 0.3) is 0 Å². The molecule has 1 aromatic carbocycles. The Morgan fingerprint density at radius 2 is 1.75 bits per heavy atom. The summed E-state index contributed by atoms with van der Waals surface area (Å²) in [5, 5.41) is 0. The zero-order valence-corrected chi connectivity index (χ0v) is 14.8. The van der Waals surface area contributed by atoms with Crippen molar-refractivity contribution in [2.45, 2.75) is 27.2 Å². The van der Waals surface area contributed by atoms with Crippen molar-refractivity contribution in [2.24, 2.45) is 0 Å². The van der Waals surface area contributed by atoms with Crippen LogP contribution in [0.2, 0.25) is 0 Å². The van der Waals surface area contributed by atoms with Gasteiger partial charge in [0.05, 0.1) is 26.4 Å². The van der Waals surface area contributed by atoms with Crippen LogP contribution in [0.3, 0.4) is 0 Å². The molecule has 0 saturated carbocycles. The van der Waals surface area contributed by atoms with Gasteiger partial charge in [-0.25, -0.2) is 4.79 Å². The number of carbonyl (C=O) groups is 2. The SMILES string of the molecule is COC(=O)c1ccc(OCC/C(C)=C/C(=O)C=C(C)C)c(OC)c1. The number of esters is 1. The molecule has 0 atom stereocenters. The molecule has 1 aromatic rings. The van der Waals surface area contributed by atoms with E-state index in [-0.39, 0.29) is 5.78 Å². The van der Waals surface area contributed by atoms with Crippen LogP contribution in [0.15, 0.2) is 41.5 Å². The van der Waals surface area contributed by atoms with Crippen LogP contribution in [-0.2, 0) is 9.53 Å². The van der Waals surface area contributed by atoms with Gasteiger partial charge >= 0.3 is 5.97 Å². The third-order valence-electron chi connectivity index (χ3n) is 3.16. The first-order valence-corrected chi connectivity index (χ1v) is 7.62. The van der Waals surface area contributed by atoms with Crippen molar-refractivity contribution in [2.75, 3.05) is 20.8 Å². The third-order valence-corrected chi connectivity index (χ3v) is 3.16. The first-order chi connectivity index (χ1) is 11.4. The molecule has 0 aliphatic carbocycles. The highest BCUT2D eigenvalue weighted by Crippen LogP contribution is 2.28. The summed E-state index contributed by atoms with van der Waals surface area (Å²) in [6.45, 7) is 6.05. The Kier molecular flexibility index (Phi) is 7.75. The first-order valence-electron chi connectivity index (χ1n) is 7.62. The van der Waals surface area contributed by atoms with Crippen molar-refractivity contribution in [3.8, 4) is 11.5 Å². The summed E-state index contributed by atoms with van der Waals surface area (Å²) in [5.41, 5.74) is 2.29. The smallest absolute Gasteiger partial charge is 0.337 e. The Morgan fingerprint density at radius 3 is 2.33 bits per heavy atom. The van der Waals surface area contributed by atoms with Crippen LogP contribution in [0.1, 0.15) is 37.6 Å². The summed E-state index contributed by atoms with van der Waals surface area (Å²) in [4.78, 5) is 23.2. The normalized spacial score (nSPS) is 10.8. The fraction of sp³-hybridized carbons (Fsp3) is 0.368. The number of rotatable bonds is 8. The lowest BCUT2D eigenvalue weighted by Gasteiger charge is -2.11. The monoisotopic (exact) mass is 332 g/mol. The van der Waals surface area contributed by atoms with Gasteiger partial charge in [-0.3, -0.25) is 4.79 Å². The van der Waals surface area contributed by atoms with E-state index in [1.165, 1.54) is 14.2 Å². The van der Waals surface area contributed by atoms with Crippen molar-refractivity contribution in [1.82, 2.24) is 0 Å². The molecular weight excluding hydrogens is 308 g/mol. The second-order valence-electron chi connectivity index (χ2n) is 5.57. The molecular formula is C19H24O5. The molecule has 0 amide bonds. The molecule has 1 rings (SSSR count). The van der Waals surface area contributed by atoms with E-state index in [0.29, 0.717) is 30.1 Å². The van der Waals surface area contributed by atoms with Gasteiger partial charge in [-0.1, -0.05) is 11.1 Å². The minimum Gasteiger partial charge on any atom is -0.493 e. The van der Waals surface area contributed by atoms with E-state index in [1.807, 2.05) is 20.8 Å². The quantitative estimate of drug-likeness (QED) is 0.536. The minimum atomic E-state index is -0.434. The second-order valence-corrected chi connectivity index (χ2v) is 5.57. The Bertz CT molecular complexity index is 652. The number of allylic oxidation sites excluding steroid dienone is 3. The van der Waals surface area contributed by atoms with Gasteiger partial charge in [-0.05, 0) is 51.1 Å². The van der Waals surface area contributed by atoms with Crippen LogP contribution in [0.5, 0.6) is 11.5 Å². The third kappa shape index (κ3) is 6.28. The van der Waals surface area contributed by atoms with Gasteiger partial charge in [0.15, 0.2) is 17.3 Å². The lowest BCUT2D eigenvalue weighted by Crippen LogP contribution is -2.04. The van der Waals surface area contributed by atoms with Crippen LogP contribution < -0.4 is 9.47 Å². The van der Waals surface area contributed by atoms with Crippen molar-refractivity contribution < 1.29 is 23.8 Å². The van der Waals surface area contributed by atoms with Crippen LogP contribution in [0, 0.1) is 0 Å². The van der Waals surface area contributed by atoms with Crippen LogP contribution >= 0.6 is 0 Å². The number of ether oxygens (including phenoxy) is 3. The van der Waals surface area contributed by atoms with E-state index in [1.54, 1.807) is 30.4 Å². The van der Waals surface area contributed by atoms with E-state index in [2.05, 4.69) is 4.74 Å². The topological polar surface area (TPSA) is 61.8 Å². The summed E-state index contributed by atoms with van der Waals surface area (Å²) in [6, 6.07) is 4.85. The van der Waals surface area contributed by atoms with Crippen molar-refractivity contribution in [1.29, 1.82) is 0 Å². The number of ketones is 1. The van der Waals surface area contributed by atoms with Gasteiger partial charge in [0.2, 0.25) is 0 Å². The lowest BCUT2D eigenvalue weighted by atomic mass is 10.1. The Morgan fingerprint density at radius 1 is 1.04 bits per heavy atom. The molecule has 0 aliphatic heterocycles. The Balaban J connectivity index is 2.68. The fourth-order valence-corrected chi connectivity index (χ4v) is 1.99. The zero-order chi connectivity index (χ0) is 18.1. The molecule has 24 heavy (non-hydrogen) atoms. The second kappa shape index (κ2) is 9.55. The van der Waals surface area contributed by atoms with E-state index in [9.17, 15) is 9.59 Å². The maximum atomic E-state index is 11.7. The average molecular weight is 332 g/mol. The highest BCUT2D eigenvalue weighted by atomic mass is 16.5. The standard InChI is InChI=1S/C19H24O5/c1-13(2)10-16(20)11-14(3)8-9-24-17-7-6-15(19(21)23-5)12-18(17)22-4/h6-7,10-12H,8-9H2,1-5H3/b14-11+. The zero-order valence-electron chi connectivity index (χ0n) is 14.8. The summed E-state index contributed by atoms with van der Waals surface area (Å²) < 4.78 is 15.6. The molecule has 0 aromatic heterocycles.